The molecular formula is C62H64O22. The molecule has 4 aromatic rings. The van der Waals surface area contributed by atoms with Crippen LogP contribution < -0.4 is 28.4 Å². The van der Waals surface area contributed by atoms with Crippen LogP contribution >= 0.6 is 0 Å². The summed E-state index contributed by atoms with van der Waals surface area (Å²) in [6.45, 7) is 16.2. The number of unbranched alkanes of at least 4 members (excludes halogenated alkanes) is 2. The van der Waals surface area contributed by atoms with Crippen molar-refractivity contribution in [3.8, 4) is 34.5 Å². The standard InChI is InChI=1S/C62H64O22/c1-7-53(63)75-31-11-9-29-73-45-21-17-43(18-22-45)59(69)83-51-27-25-47(37-49(51)61(71)79-35-33-77-55(65)39(3)4)81-57(67)41-13-15-42(16-14-41)58(68)82-48-26-28-52(50(38-48)62(72)80-36-34-78-56(66)40(5)6)84-60(70)44-19-23-46(24-20-44)74-30-10-12-32-76-54(64)8-2/h7-8,17-28,37-38,41-42H,1-3,5,9-16,29-36H2,4,6H3. The van der Waals surface area contributed by atoms with Crippen molar-refractivity contribution in [2.24, 2.45) is 11.8 Å². The zero-order valence-electron chi connectivity index (χ0n) is 46.5. The summed E-state index contributed by atoms with van der Waals surface area (Å²) in [5.74, 6) is -8.68. The number of rotatable bonds is 32. The largest absolute Gasteiger partial charge is 0.494 e. The molecule has 1 aliphatic carbocycles. The molecule has 4 aromatic carbocycles. The Bertz CT molecular complexity index is 2850. The van der Waals surface area contributed by atoms with Crippen LogP contribution in [0, 0.1) is 11.8 Å². The Morgan fingerprint density at radius 2 is 0.738 bits per heavy atom. The first-order valence-electron chi connectivity index (χ1n) is 26.5. The molecule has 0 amide bonds. The van der Waals surface area contributed by atoms with E-state index in [2.05, 4.69) is 26.3 Å². The normalized spacial score (nSPS) is 13.2. The molecule has 1 saturated carbocycles. The minimum atomic E-state index is -1.00. The summed E-state index contributed by atoms with van der Waals surface area (Å²) in [5.41, 5.74) is -0.148. The average molecular weight is 1160 g/mol. The van der Waals surface area contributed by atoms with Crippen LogP contribution in [0.25, 0.3) is 0 Å². The first-order valence-corrected chi connectivity index (χ1v) is 26.5. The summed E-state index contributed by atoms with van der Waals surface area (Å²) >= 11 is 0. The number of carbonyl (C=O) groups excluding carboxylic acids is 10. The van der Waals surface area contributed by atoms with Gasteiger partial charge in [0.15, 0.2) is 0 Å². The Hall–Kier alpha value is -9.86. The van der Waals surface area contributed by atoms with Gasteiger partial charge in [-0.15, -0.1) is 0 Å². The van der Waals surface area contributed by atoms with E-state index in [0.717, 1.165) is 24.3 Å². The van der Waals surface area contributed by atoms with Crippen molar-refractivity contribution in [2.45, 2.75) is 65.2 Å². The second-order valence-corrected chi connectivity index (χ2v) is 18.5. The number of carbonyl (C=O) groups is 10. The van der Waals surface area contributed by atoms with Crippen LogP contribution in [0.5, 0.6) is 34.5 Å². The van der Waals surface area contributed by atoms with Crippen molar-refractivity contribution in [1.29, 1.82) is 0 Å². The van der Waals surface area contributed by atoms with Crippen LogP contribution in [0.1, 0.15) is 107 Å². The van der Waals surface area contributed by atoms with Gasteiger partial charge in [-0.3, -0.25) is 9.59 Å². The Kier molecular flexibility index (Phi) is 26.1. The van der Waals surface area contributed by atoms with Gasteiger partial charge in [-0.1, -0.05) is 26.3 Å². The molecule has 0 radical (unpaired) electrons. The molecule has 1 aliphatic rings. The highest BCUT2D eigenvalue weighted by Gasteiger charge is 2.33. The monoisotopic (exact) mass is 1160 g/mol. The van der Waals surface area contributed by atoms with Crippen molar-refractivity contribution >= 4 is 59.7 Å². The van der Waals surface area contributed by atoms with Crippen LogP contribution in [0.15, 0.2) is 135 Å². The Morgan fingerprint density at radius 1 is 0.405 bits per heavy atom. The van der Waals surface area contributed by atoms with Gasteiger partial charge in [-0.05, 0) is 150 Å². The quantitative estimate of drug-likeness (QED) is 0.0145. The molecule has 0 atom stereocenters. The van der Waals surface area contributed by atoms with Crippen molar-refractivity contribution in [3.63, 3.8) is 0 Å². The molecule has 5 rings (SSSR count). The second-order valence-electron chi connectivity index (χ2n) is 18.5. The second kappa shape index (κ2) is 33.8. The van der Waals surface area contributed by atoms with E-state index in [9.17, 15) is 47.9 Å². The van der Waals surface area contributed by atoms with E-state index in [0.29, 0.717) is 50.4 Å². The van der Waals surface area contributed by atoms with E-state index < -0.39 is 71.5 Å². The third-order valence-corrected chi connectivity index (χ3v) is 12.0. The van der Waals surface area contributed by atoms with Crippen LogP contribution in [-0.4, -0.2) is 113 Å². The highest BCUT2D eigenvalue weighted by molar-refractivity contribution is 5.98. The first kappa shape index (κ1) is 65.0. The number of esters is 10. The van der Waals surface area contributed by atoms with E-state index in [1.54, 1.807) is 24.3 Å². The molecule has 0 aromatic heterocycles. The van der Waals surface area contributed by atoms with Crippen LogP contribution in [0.3, 0.4) is 0 Å². The molecule has 0 heterocycles. The van der Waals surface area contributed by atoms with Crippen molar-refractivity contribution in [1.82, 2.24) is 0 Å². The average Bonchev–Trinajstić information content (AvgIpc) is 3.70. The fraction of sp³-hybridized carbons (Fsp3) is 0.323. The highest BCUT2D eigenvalue weighted by Crippen LogP contribution is 2.34. The zero-order valence-corrected chi connectivity index (χ0v) is 46.5. The molecule has 0 N–H and O–H groups in total. The number of ether oxygens (including phenoxy) is 12. The number of benzene rings is 4. The summed E-state index contributed by atoms with van der Waals surface area (Å²) in [6, 6.07) is 19.4. The summed E-state index contributed by atoms with van der Waals surface area (Å²) in [7, 11) is 0. The number of hydrogen-bond acceptors (Lipinski definition) is 22. The third-order valence-electron chi connectivity index (χ3n) is 12.0. The summed E-state index contributed by atoms with van der Waals surface area (Å²) in [4.78, 5) is 127. The molecule has 22 heteroatoms. The lowest BCUT2D eigenvalue weighted by Gasteiger charge is -2.26. The van der Waals surface area contributed by atoms with Crippen molar-refractivity contribution < 1.29 is 105 Å². The topological polar surface area (TPSA) is 281 Å². The van der Waals surface area contributed by atoms with Gasteiger partial charge in [0.1, 0.15) is 72.1 Å². The van der Waals surface area contributed by atoms with E-state index in [4.69, 9.17) is 56.8 Å². The number of hydrogen-bond donors (Lipinski definition) is 0. The molecule has 0 aliphatic heterocycles. The molecule has 444 valence electrons. The van der Waals surface area contributed by atoms with Gasteiger partial charge in [0.2, 0.25) is 0 Å². The molecule has 0 spiro atoms. The van der Waals surface area contributed by atoms with Gasteiger partial charge in [-0.2, -0.15) is 0 Å². The smallest absolute Gasteiger partial charge is 0.343 e. The van der Waals surface area contributed by atoms with Gasteiger partial charge in [0, 0.05) is 23.3 Å². The maximum absolute atomic E-state index is 13.6. The molecule has 22 nitrogen and oxygen atoms in total. The van der Waals surface area contributed by atoms with Gasteiger partial charge < -0.3 is 56.8 Å². The van der Waals surface area contributed by atoms with Crippen molar-refractivity contribution in [3.05, 3.63) is 157 Å². The Labute approximate surface area is 484 Å². The lowest BCUT2D eigenvalue weighted by atomic mass is 9.82. The Morgan fingerprint density at radius 3 is 1.08 bits per heavy atom. The predicted molar refractivity (Wildman–Crippen MR) is 296 cm³/mol. The maximum atomic E-state index is 13.6. The van der Waals surface area contributed by atoms with Gasteiger partial charge >= 0.3 is 59.7 Å². The van der Waals surface area contributed by atoms with Crippen molar-refractivity contribution in [2.75, 3.05) is 52.9 Å². The summed E-state index contributed by atoms with van der Waals surface area (Å²) in [5, 5.41) is 0. The fourth-order valence-corrected chi connectivity index (χ4v) is 7.49. The Balaban J connectivity index is 1.20. The molecular weight excluding hydrogens is 1100 g/mol. The van der Waals surface area contributed by atoms with Crippen LogP contribution in [0.2, 0.25) is 0 Å². The first-order chi connectivity index (χ1) is 40.3. The maximum Gasteiger partial charge on any atom is 0.343 e. The van der Waals surface area contributed by atoms with Gasteiger partial charge in [0.05, 0.1) is 49.4 Å². The van der Waals surface area contributed by atoms with Gasteiger partial charge in [-0.25, -0.2) is 38.4 Å². The minimum absolute atomic E-state index is 0.0981. The zero-order chi connectivity index (χ0) is 61.0. The van der Waals surface area contributed by atoms with Crippen LogP contribution in [0.4, 0.5) is 0 Å². The fourth-order valence-electron chi connectivity index (χ4n) is 7.49. The molecule has 0 saturated heterocycles. The van der Waals surface area contributed by atoms with Crippen LogP contribution in [-0.2, 0) is 57.2 Å². The van der Waals surface area contributed by atoms with E-state index >= 15 is 0 Å². The SMILES string of the molecule is C=CC(=O)OCCCCOc1ccc(C(=O)Oc2ccc(OC(=O)C3CCC(C(=O)Oc4ccc(OC(=O)c5ccc(OCCCCOC(=O)C=C)cc5)c(C(=O)OCCOC(=O)C(=C)C)c4)CC3)cc2C(=O)OCCOC(=O)C(=C)C)cc1. The molecule has 0 bridgehead atoms. The summed E-state index contributed by atoms with van der Waals surface area (Å²) in [6.07, 6.45) is 5.19. The molecule has 0 unspecified atom stereocenters. The highest BCUT2D eigenvalue weighted by atomic mass is 16.6. The lowest BCUT2D eigenvalue weighted by Crippen LogP contribution is -2.30. The summed E-state index contributed by atoms with van der Waals surface area (Å²) < 4.78 is 64.5. The van der Waals surface area contributed by atoms with E-state index in [1.165, 1.54) is 62.4 Å². The van der Waals surface area contributed by atoms with E-state index in [-0.39, 0.29) is 122 Å². The molecule has 84 heavy (non-hydrogen) atoms. The third kappa shape index (κ3) is 21.6. The minimum Gasteiger partial charge on any atom is -0.494 e. The lowest BCUT2D eigenvalue weighted by molar-refractivity contribution is -0.145. The predicted octanol–water partition coefficient (Wildman–Crippen LogP) is 8.77. The van der Waals surface area contributed by atoms with Gasteiger partial charge in [0.25, 0.3) is 0 Å². The molecule has 1 fully saturated rings. The van der Waals surface area contributed by atoms with E-state index in [1.807, 2.05) is 0 Å².